The maximum Gasteiger partial charge on any atom is 0.348 e. The lowest BCUT2D eigenvalue weighted by molar-refractivity contribution is 0.0702. The summed E-state index contributed by atoms with van der Waals surface area (Å²) in [6.07, 6.45) is 1.53. The molecule has 8 heteroatoms. The van der Waals surface area contributed by atoms with Gasteiger partial charge in [-0.15, -0.1) is 11.3 Å². The van der Waals surface area contributed by atoms with Crippen molar-refractivity contribution in [3.05, 3.63) is 50.4 Å². The number of halogens is 2. The highest BCUT2D eigenvalue weighted by Crippen LogP contribution is 2.36. The number of anilines is 1. The predicted molar refractivity (Wildman–Crippen MR) is 124 cm³/mol. The van der Waals surface area contributed by atoms with Crippen molar-refractivity contribution in [2.75, 3.05) is 4.90 Å². The van der Waals surface area contributed by atoms with Gasteiger partial charge in [-0.25, -0.2) is 9.18 Å². The minimum Gasteiger partial charge on any atom is -0.477 e. The first kappa shape index (κ1) is 24.2. The maximum absolute atomic E-state index is 14.1. The third kappa shape index (κ3) is 5.69. The summed E-state index contributed by atoms with van der Waals surface area (Å²) in [7, 11) is 0. The average Bonchev–Trinajstić information content (AvgIpc) is 3.14. The number of thiophene rings is 1. The molecule has 1 aliphatic rings. The Hall–Kier alpha value is -2.40. The van der Waals surface area contributed by atoms with Crippen LogP contribution in [0.25, 0.3) is 0 Å². The van der Waals surface area contributed by atoms with Gasteiger partial charge in [0, 0.05) is 17.0 Å². The second-order valence-corrected chi connectivity index (χ2v) is 10.4. The van der Waals surface area contributed by atoms with Crippen LogP contribution in [0, 0.1) is 23.1 Å². The van der Waals surface area contributed by atoms with Crippen LogP contribution < -0.4 is 4.90 Å². The molecule has 0 radical (unpaired) electrons. The van der Waals surface area contributed by atoms with E-state index in [4.69, 9.17) is 11.6 Å². The van der Waals surface area contributed by atoms with Gasteiger partial charge < -0.3 is 15.1 Å². The van der Waals surface area contributed by atoms with E-state index in [9.17, 15) is 24.2 Å². The molecular formula is C24H25ClFNO4S. The lowest BCUT2D eigenvalue weighted by Crippen LogP contribution is -2.43. The van der Waals surface area contributed by atoms with E-state index in [0.717, 1.165) is 17.4 Å². The van der Waals surface area contributed by atoms with Crippen molar-refractivity contribution in [3.63, 3.8) is 0 Å². The third-order valence-corrected chi connectivity index (χ3v) is 6.48. The summed E-state index contributed by atoms with van der Waals surface area (Å²) < 4.78 is 14.1. The summed E-state index contributed by atoms with van der Waals surface area (Å²) in [5, 5.41) is 19.7. The summed E-state index contributed by atoms with van der Waals surface area (Å²) in [5.74, 6) is 3.69. The van der Waals surface area contributed by atoms with Crippen molar-refractivity contribution in [2.45, 2.75) is 58.6 Å². The molecule has 2 N–H and O–H groups in total. The third-order valence-electron chi connectivity index (χ3n) is 5.14. The number of hydrogen-bond donors (Lipinski definition) is 2. The van der Waals surface area contributed by atoms with Gasteiger partial charge in [-0.3, -0.25) is 4.79 Å². The van der Waals surface area contributed by atoms with E-state index in [1.54, 1.807) is 6.07 Å². The molecular weight excluding hydrogens is 453 g/mol. The first-order valence-electron chi connectivity index (χ1n) is 10.3. The van der Waals surface area contributed by atoms with Gasteiger partial charge in [-0.2, -0.15) is 0 Å². The molecule has 0 bridgehead atoms. The normalized spacial score (nSPS) is 18.6. The zero-order chi connectivity index (χ0) is 23.6. The highest BCUT2D eigenvalue weighted by molar-refractivity contribution is 7.15. The average molecular weight is 478 g/mol. The number of rotatable bonds is 4. The highest BCUT2D eigenvalue weighted by Gasteiger charge is 2.34. The number of aliphatic hydroxyl groups is 1. The van der Waals surface area contributed by atoms with Gasteiger partial charge in [0.25, 0.3) is 5.91 Å². The van der Waals surface area contributed by atoms with Gasteiger partial charge in [0.15, 0.2) is 0 Å². The number of carboxylic acids is 1. The van der Waals surface area contributed by atoms with Gasteiger partial charge >= 0.3 is 5.97 Å². The van der Waals surface area contributed by atoms with Crippen LogP contribution in [-0.2, 0) is 0 Å². The van der Waals surface area contributed by atoms with E-state index in [2.05, 4.69) is 11.8 Å². The Morgan fingerprint density at radius 1 is 1.19 bits per heavy atom. The largest absolute Gasteiger partial charge is 0.477 e. The molecule has 0 saturated heterocycles. The van der Waals surface area contributed by atoms with Crippen LogP contribution in [-0.4, -0.2) is 34.2 Å². The van der Waals surface area contributed by atoms with E-state index in [0.29, 0.717) is 30.6 Å². The van der Waals surface area contributed by atoms with Crippen molar-refractivity contribution in [1.82, 2.24) is 0 Å². The number of carbonyl (C=O) groups excluding carboxylic acids is 1. The standard InChI is InChI=1S/C24H25ClFNO4S/c1-24(2,3)11-10-17-13-20(21(32-17)23(30)31)27(15-5-7-16(28)8-6-15)22(29)14-4-9-18(25)19(26)12-14/h4,9,12-13,15-16,28H,5-8H2,1-3H3,(H,30,31). The first-order chi connectivity index (χ1) is 15.0. The fraction of sp³-hybridized carbons (Fsp3) is 0.417. The predicted octanol–water partition coefficient (Wildman–Crippen LogP) is 5.59. The highest BCUT2D eigenvalue weighted by atomic mass is 35.5. The van der Waals surface area contributed by atoms with E-state index in [-0.39, 0.29) is 32.6 Å². The number of carboxylic acid groups (broad SMARTS) is 1. The zero-order valence-corrected chi connectivity index (χ0v) is 19.7. The van der Waals surface area contributed by atoms with Crippen molar-refractivity contribution in [3.8, 4) is 11.8 Å². The monoisotopic (exact) mass is 477 g/mol. The SMILES string of the molecule is CC(C)(C)C#Cc1cc(N(C(=O)c2ccc(Cl)c(F)c2)C2CCC(O)CC2)c(C(=O)O)s1. The van der Waals surface area contributed by atoms with Crippen molar-refractivity contribution >= 4 is 40.5 Å². The summed E-state index contributed by atoms with van der Waals surface area (Å²) in [5.41, 5.74) is 0.0361. The molecule has 1 saturated carbocycles. The van der Waals surface area contributed by atoms with Crippen LogP contribution >= 0.6 is 22.9 Å². The van der Waals surface area contributed by atoms with Gasteiger partial charge in [-0.1, -0.05) is 23.4 Å². The lowest BCUT2D eigenvalue weighted by atomic mass is 9.91. The number of hydrogen-bond acceptors (Lipinski definition) is 4. The molecule has 0 aliphatic heterocycles. The number of aliphatic hydroxyl groups excluding tert-OH is 1. The smallest absolute Gasteiger partial charge is 0.348 e. The quantitative estimate of drug-likeness (QED) is 0.563. The molecule has 0 spiro atoms. The molecule has 1 fully saturated rings. The van der Waals surface area contributed by atoms with Crippen LogP contribution in [0.15, 0.2) is 24.3 Å². The molecule has 1 amide bonds. The van der Waals surface area contributed by atoms with Crippen LogP contribution in [0.2, 0.25) is 5.02 Å². The Morgan fingerprint density at radius 3 is 2.41 bits per heavy atom. The van der Waals surface area contributed by atoms with E-state index in [1.807, 2.05) is 20.8 Å². The lowest BCUT2D eigenvalue weighted by Gasteiger charge is -2.35. The maximum atomic E-state index is 14.1. The Balaban J connectivity index is 2.11. The van der Waals surface area contributed by atoms with Crippen molar-refractivity contribution < 1.29 is 24.2 Å². The van der Waals surface area contributed by atoms with Gasteiger partial charge in [-0.05, 0) is 70.7 Å². The fourth-order valence-corrected chi connectivity index (χ4v) is 4.54. The molecule has 170 valence electrons. The summed E-state index contributed by atoms with van der Waals surface area (Å²) in [4.78, 5) is 27.5. The second kappa shape index (κ2) is 9.62. The zero-order valence-electron chi connectivity index (χ0n) is 18.1. The minimum absolute atomic E-state index is 0.00267. The molecule has 2 aromatic rings. The number of aromatic carboxylic acids is 1. The minimum atomic E-state index is -1.16. The molecule has 1 aromatic heterocycles. The summed E-state index contributed by atoms with van der Waals surface area (Å²) in [6, 6.07) is 5.07. The first-order valence-corrected chi connectivity index (χ1v) is 11.5. The van der Waals surface area contributed by atoms with E-state index < -0.39 is 23.8 Å². The Kier molecular flexibility index (Phi) is 7.29. The van der Waals surface area contributed by atoms with Gasteiger partial charge in [0.2, 0.25) is 0 Å². The van der Waals surface area contributed by atoms with Crippen LogP contribution in [0.5, 0.6) is 0 Å². The van der Waals surface area contributed by atoms with Crippen molar-refractivity contribution in [2.24, 2.45) is 5.41 Å². The van der Waals surface area contributed by atoms with Crippen LogP contribution in [0.1, 0.15) is 71.4 Å². The van der Waals surface area contributed by atoms with Crippen molar-refractivity contribution in [1.29, 1.82) is 0 Å². The Labute approximate surface area is 195 Å². The van der Waals surface area contributed by atoms with Crippen LogP contribution in [0.3, 0.4) is 0 Å². The second-order valence-electron chi connectivity index (χ2n) is 8.90. The fourth-order valence-electron chi connectivity index (χ4n) is 3.58. The Morgan fingerprint density at radius 2 is 1.84 bits per heavy atom. The molecule has 1 aliphatic carbocycles. The van der Waals surface area contributed by atoms with Gasteiger partial charge in [0.1, 0.15) is 10.7 Å². The molecule has 5 nitrogen and oxygen atoms in total. The van der Waals surface area contributed by atoms with E-state index in [1.165, 1.54) is 17.0 Å². The van der Waals surface area contributed by atoms with Gasteiger partial charge in [0.05, 0.1) is 21.7 Å². The number of nitrogens with zero attached hydrogens (tertiary/aromatic N) is 1. The summed E-state index contributed by atoms with van der Waals surface area (Å²) in [6.45, 7) is 5.85. The molecule has 3 rings (SSSR count). The number of benzene rings is 1. The van der Waals surface area contributed by atoms with Crippen LogP contribution in [0.4, 0.5) is 10.1 Å². The molecule has 0 atom stereocenters. The van der Waals surface area contributed by atoms with E-state index >= 15 is 0 Å². The molecule has 0 unspecified atom stereocenters. The number of amides is 1. The molecule has 1 aromatic carbocycles. The molecule has 32 heavy (non-hydrogen) atoms. The topological polar surface area (TPSA) is 77.8 Å². The Bertz CT molecular complexity index is 1090. The number of carbonyl (C=O) groups is 2. The summed E-state index contributed by atoms with van der Waals surface area (Å²) >= 11 is 6.78. The molecule has 1 heterocycles.